The van der Waals surface area contributed by atoms with Gasteiger partial charge in [-0.1, -0.05) is 36.4 Å². The quantitative estimate of drug-likeness (QED) is 0.530. The molecule has 0 saturated heterocycles. The molecule has 1 amide bonds. The molecular formula is C22H19N2O4+. The summed E-state index contributed by atoms with van der Waals surface area (Å²) < 4.78 is 12.3. The molecule has 0 bridgehead atoms. The molecule has 0 aliphatic carbocycles. The first-order chi connectivity index (χ1) is 13.7. The molecule has 28 heavy (non-hydrogen) atoms. The lowest BCUT2D eigenvalue weighted by atomic mass is 10.0. The third-order valence-corrected chi connectivity index (χ3v) is 4.44. The first kappa shape index (κ1) is 17.7. The maximum absolute atomic E-state index is 12.4. The van der Waals surface area contributed by atoms with Crippen molar-refractivity contribution in [3.8, 4) is 11.5 Å². The van der Waals surface area contributed by atoms with Gasteiger partial charge in [-0.3, -0.25) is 9.59 Å². The van der Waals surface area contributed by atoms with Crippen LogP contribution in [0.15, 0.2) is 73.1 Å². The van der Waals surface area contributed by atoms with Gasteiger partial charge in [-0.2, -0.15) is 4.57 Å². The van der Waals surface area contributed by atoms with Crippen LogP contribution in [0, 0.1) is 0 Å². The standard InChI is InChI=1S/C22H18N2O4/c25-21(23-13-16-6-7-19-20(12-16)28-15-27-19)14-24-10-8-18(9-11-24)22(26)17-4-2-1-3-5-17/h1-12H,13-15H2/p+1. The first-order valence-corrected chi connectivity index (χ1v) is 8.93. The van der Waals surface area contributed by atoms with Crippen LogP contribution in [0.25, 0.3) is 0 Å². The Balaban J connectivity index is 1.33. The molecule has 0 unspecified atom stereocenters. The number of ketones is 1. The fraction of sp³-hybridized carbons (Fsp3) is 0.136. The zero-order valence-electron chi connectivity index (χ0n) is 15.1. The molecule has 0 fully saturated rings. The van der Waals surface area contributed by atoms with Crippen molar-refractivity contribution in [2.75, 3.05) is 6.79 Å². The van der Waals surface area contributed by atoms with E-state index in [0.717, 1.165) is 11.3 Å². The van der Waals surface area contributed by atoms with Crippen LogP contribution >= 0.6 is 0 Å². The van der Waals surface area contributed by atoms with Crippen molar-refractivity contribution in [1.29, 1.82) is 0 Å². The largest absolute Gasteiger partial charge is 0.454 e. The summed E-state index contributed by atoms with van der Waals surface area (Å²) in [5.41, 5.74) is 2.16. The van der Waals surface area contributed by atoms with Gasteiger partial charge in [-0.25, -0.2) is 0 Å². The highest BCUT2D eigenvalue weighted by atomic mass is 16.7. The van der Waals surface area contributed by atoms with Gasteiger partial charge in [0.15, 0.2) is 29.7 Å². The molecule has 1 aromatic heterocycles. The number of nitrogens with zero attached hydrogens (tertiary/aromatic N) is 1. The summed E-state index contributed by atoms with van der Waals surface area (Å²) in [7, 11) is 0. The van der Waals surface area contributed by atoms with E-state index in [1.807, 2.05) is 36.4 Å². The Morgan fingerprint density at radius 3 is 2.39 bits per heavy atom. The molecule has 0 radical (unpaired) electrons. The molecule has 140 valence electrons. The summed E-state index contributed by atoms with van der Waals surface area (Å²) in [6, 6.07) is 18.1. The number of rotatable bonds is 6. The van der Waals surface area contributed by atoms with Gasteiger partial charge in [0, 0.05) is 29.8 Å². The minimum atomic E-state index is -0.121. The van der Waals surface area contributed by atoms with Crippen molar-refractivity contribution in [3.05, 3.63) is 89.7 Å². The van der Waals surface area contributed by atoms with Crippen LogP contribution in [-0.2, 0) is 17.9 Å². The molecule has 1 aliphatic rings. The van der Waals surface area contributed by atoms with E-state index in [0.29, 0.717) is 23.4 Å². The number of carbonyl (C=O) groups excluding carboxylic acids is 2. The van der Waals surface area contributed by atoms with Crippen LogP contribution in [0.5, 0.6) is 11.5 Å². The van der Waals surface area contributed by atoms with Crippen LogP contribution in [0.1, 0.15) is 21.5 Å². The van der Waals surface area contributed by atoms with Gasteiger partial charge in [-0.05, 0) is 17.7 Å². The predicted octanol–water partition coefficient (Wildman–Crippen LogP) is 2.25. The number of amides is 1. The lowest BCUT2D eigenvalue weighted by Crippen LogP contribution is -2.42. The Morgan fingerprint density at radius 1 is 0.893 bits per heavy atom. The smallest absolute Gasteiger partial charge is 0.286 e. The second-order valence-corrected chi connectivity index (χ2v) is 6.42. The van der Waals surface area contributed by atoms with Crippen molar-refractivity contribution in [2.45, 2.75) is 13.1 Å². The van der Waals surface area contributed by atoms with E-state index in [9.17, 15) is 9.59 Å². The van der Waals surface area contributed by atoms with Crippen LogP contribution in [0.3, 0.4) is 0 Å². The molecule has 1 N–H and O–H groups in total. The van der Waals surface area contributed by atoms with Gasteiger partial charge in [0.05, 0.1) is 0 Å². The van der Waals surface area contributed by atoms with Crippen LogP contribution in [0.4, 0.5) is 0 Å². The maximum atomic E-state index is 12.4. The lowest BCUT2D eigenvalue weighted by molar-refractivity contribution is -0.684. The number of fused-ring (bicyclic) bond motifs is 1. The van der Waals surface area contributed by atoms with Crippen molar-refractivity contribution in [3.63, 3.8) is 0 Å². The van der Waals surface area contributed by atoms with Gasteiger partial charge in [-0.15, -0.1) is 0 Å². The molecule has 0 atom stereocenters. The van der Waals surface area contributed by atoms with Gasteiger partial charge < -0.3 is 14.8 Å². The number of ether oxygens (including phenoxy) is 2. The molecular weight excluding hydrogens is 356 g/mol. The summed E-state index contributed by atoms with van der Waals surface area (Å²) in [6.45, 7) is 0.801. The zero-order chi connectivity index (χ0) is 19.3. The van der Waals surface area contributed by atoms with Crippen LogP contribution in [0.2, 0.25) is 0 Å². The Bertz CT molecular complexity index is 1000. The summed E-state index contributed by atoms with van der Waals surface area (Å²) in [6.07, 6.45) is 3.46. The number of nitrogens with one attached hydrogen (secondary N) is 1. The number of benzene rings is 2. The normalized spacial score (nSPS) is 11.9. The Hall–Kier alpha value is -3.67. The Kier molecular flexibility index (Phi) is 5.01. The molecule has 6 nitrogen and oxygen atoms in total. The third-order valence-electron chi connectivity index (χ3n) is 4.44. The molecule has 2 heterocycles. The van der Waals surface area contributed by atoms with Crippen molar-refractivity contribution in [2.24, 2.45) is 0 Å². The molecule has 6 heteroatoms. The number of aromatic nitrogens is 1. The molecule has 2 aromatic carbocycles. The van der Waals surface area contributed by atoms with E-state index in [4.69, 9.17) is 9.47 Å². The number of hydrogen-bond donors (Lipinski definition) is 1. The minimum Gasteiger partial charge on any atom is -0.454 e. The molecule has 3 aromatic rings. The Labute approximate surface area is 162 Å². The second kappa shape index (κ2) is 7.92. The van der Waals surface area contributed by atoms with E-state index >= 15 is 0 Å². The third kappa shape index (κ3) is 4.01. The van der Waals surface area contributed by atoms with Crippen molar-refractivity contribution >= 4 is 11.7 Å². The van der Waals surface area contributed by atoms with Gasteiger partial charge in [0.2, 0.25) is 13.3 Å². The SMILES string of the molecule is O=C(C[n+]1ccc(C(=O)c2ccccc2)cc1)NCc1ccc2c(c1)OCO2. The van der Waals surface area contributed by atoms with Gasteiger partial charge in [0.25, 0.3) is 5.91 Å². The fourth-order valence-corrected chi connectivity index (χ4v) is 2.94. The zero-order valence-corrected chi connectivity index (χ0v) is 15.1. The molecule has 0 saturated carbocycles. The highest BCUT2D eigenvalue weighted by Crippen LogP contribution is 2.32. The second-order valence-electron chi connectivity index (χ2n) is 6.42. The van der Waals surface area contributed by atoms with Gasteiger partial charge >= 0.3 is 0 Å². The molecule has 0 spiro atoms. The summed E-state index contributed by atoms with van der Waals surface area (Å²) in [5.74, 6) is 1.25. The van der Waals surface area contributed by atoms with E-state index in [1.54, 1.807) is 41.2 Å². The average molecular weight is 375 g/mol. The fourth-order valence-electron chi connectivity index (χ4n) is 2.94. The highest BCUT2D eigenvalue weighted by molar-refractivity contribution is 6.08. The highest BCUT2D eigenvalue weighted by Gasteiger charge is 2.15. The minimum absolute atomic E-state index is 0.0417. The summed E-state index contributed by atoms with van der Waals surface area (Å²) in [5, 5.41) is 2.88. The van der Waals surface area contributed by atoms with Crippen molar-refractivity contribution in [1.82, 2.24) is 5.32 Å². The average Bonchev–Trinajstić information content (AvgIpc) is 3.21. The van der Waals surface area contributed by atoms with E-state index in [-0.39, 0.29) is 25.0 Å². The molecule has 4 rings (SSSR count). The first-order valence-electron chi connectivity index (χ1n) is 8.93. The number of pyridine rings is 1. The Morgan fingerprint density at radius 2 is 1.61 bits per heavy atom. The van der Waals surface area contributed by atoms with E-state index in [2.05, 4.69) is 5.32 Å². The predicted molar refractivity (Wildman–Crippen MR) is 101 cm³/mol. The van der Waals surface area contributed by atoms with Crippen molar-refractivity contribution < 1.29 is 23.6 Å². The lowest BCUT2D eigenvalue weighted by Gasteiger charge is -2.05. The maximum Gasteiger partial charge on any atom is 0.286 e. The van der Waals surface area contributed by atoms with Crippen LogP contribution < -0.4 is 19.4 Å². The van der Waals surface area contributed by atoms with Crippen LogP contribution in [-0.4, -0.2) is 18.5 Å². The topological polar surface area (TPSA) is 68.5 Å². The number of hydrogen-bond acceptors (Lipinski definition) is 4. The number of carbonyl (C=O) groups is 2. The molecule has 1 aliphatic heterocycles. The summed E-state index contributed by atoms with van der Waals surface area (Å²) in [4.78, 5) is 24.6. The monoisotopic (exact) mass is 375 g/mol. The van der Waals surface area contributed by atoms with E-state index < -0.39 is 0 Å². The summed E-state index contributed by atoms with van der Waals surface area (Å²) >= 11 is 0. The van der Waals surface area contributed by atoms with Gasteiger partial charge in [0.1, 0.15) is 0 Å². The van der Waals surface area contributed by atoms with E-state index in [1.165, 1.54) is 0 Å².